The average Bonchev–Trinajstić information content (AvgIpc) is 1.34. The molecule has 4 aromatic heterocycles. The molecule has 0 unspecified atom stereocenters. The maximum Gasteiger partial charge on any atom is 0.252 e. The molecular formula is C126H85BN6Si2. The van der Waals surface area contributed by atoms with E-state index in [1.54, 1.807) is 0 Å². The minimum Gasteiger partial charge on any atom is -0.311 e. The Morgan fingerprint density at radius 1 is 0.163 bits per heavy atom. The van der Waals surface area contributed by atoms with E-state index in [0.29, 0.717) is 0 Å². The summed E-state index contributed by atoms with van der Waals surface area (Å²) in [7, 11) is -6.11. The molecule has 0 saturated heterocycles. The number of hydrogen-bond acceptors (Lipinski definition) is 2. The molecule has 0 fully saturated rings. The molecule has 0 aliphatic carbocycles. The molecule has 0 radical (unpaired) electrons. The quantitative estimate of drug-likeness (QED) is 0.0712. The summed E-state index contributed by atoms with van der Waals surface area (Å²) in [5.74, 6) is 0. The first-order valence-corrected chi connectivity index (χ1v) is 50.8. The number of aromatic nitrogens is 4. The summed E-state index contributed by atoms with van der Waals surface area (Å²) in [6.07, 6.45) is 0. The fourth-order valence-electron chi connectivity index (χ4n) is 23.8. The lowest BCUT2D eigenvalue weighted by Crippen LogP contribution is -2.74. The lowest BCUT2D eigenvalue weighted by Gasteiger charge is -2.45. The van der Waals surface area contributed by atoms with Crippen molar-refractivity contribution in [3.05, 3.63) is 516 Å². The van der Waals surface area contributed by atoms with Crippen LogP contribution in [0.4, 0.5) is 34.1 Å². The van der Waals surface area contributed by atoms with Crippen molar-refractivity contribution in [2.24, 2.45) is 0 Å². The smallest absolute Gasteiger partial charge is 0.252 e. The molecule has 0 amide bonds. The van der Waals surface area contributed by atoms with Gasteiger partial charge in [0.25, 0.3) is 6.71 Å². The maximum atomic E-state index is 2.65. The van der Waals surface area contributed by atoms with Crippen molar-refractivity contribution in [2.75, 3.05) is 9.80 Å². The van der Waals surface area contributed by atoms with E-state index in [1.165, 1.54) is 101 Å². The Morgan fingerprint density at radius 2 is 0.407 bits per heavy atom. The Balaban J connectivity index is 0.751. The monoisotopic (exact) mass is 1750 g/mol. The molecule has 0 N–H and O–H groups in total. The first-order chi connectivity index (χ1) is 67.1. The third kappa shape index (κ3) is 11.7. The Morgan fingerprint density at radius 3 is 0.741 bits per heavy atom. The van der Waals surface area contributed by atoms with Gasteiger partial charge in [-0.3, -0.25) is 0 Å². The largest absolute Gasteiger partial charge is 0.311 e. The molecule has 9 heteroatoms. The molecule has 135 heavy (non-hydrogen) atoms. The van der Waals surface area contributed by atoms with Gasteiger partial charge in [0.05, 0.1) is 66.9 Å². The lowest BCUT2D eigenvalue weighted by molar-refractivity contribution is 1.13. The van der Waals surface area contributed by atoms with Gasteiger partial charge in [-0.1, -0.05) is 406 Å². The highest BCUT2D eigenvalue weighted by atomic mass is 28.3. The van der Waals surface area contributed by atoms with E-state index in [9.17, 15) is 0 Å². The van der Waals surface area contributed by atoms with E-state index >= 15 is 0 Å². The van der Waals surface area contributed by atoms with Crippen molar-refractivity contribution in [2.45, 2.75) is 0 Å². The van der Waals surface area contributed by atoms with Crippen LogP contribution in [0.1, 0.15) is 0 Å². The number of hydrogen-bond donors (Lipinski definition) is 0. The van der Waals surface area contributed by atoms with E-state index < -0.39 is 16.1 Å². The highest BCUT2D eigenvalue weighted by molar-refractivity contribution is 7.20. The first kappa shape index (κ1) is 77.8. The van der Waals surface area contributed by atoms with Gasteiger partial charge >= 0.3 is 0 Å². The highest BCUT2D eigenvalue weighted by Gasteiger charge is 2.47. The zero-order valence-electron chi connectivity index (χ0n) is 73.8. The average molecular weight is 1750 g/mol. The molecule has 21 aromatic carbocycles. The number of benzene rings is 21. The summed E-state index contributed by atoms with van der Waals surface area (Å²) >= 11 is 0. The van der Waals surface area contributed by atoms with E-state index in [2.05, 4.69) is 544 Å². The van der Waals surface area contributed by atoms with Crippen LogP contribution in [0.3, 0.4) is 0 Å². The van der Waals surface area contributed by atoms with Gasteiger partial charge in [-0.05, 0) is 178 Å². The molecule has 0 spiro atoms. The van der Waals surface area contributed by atoms with Crippen LogP contribution in [0.15, 0.2) is 516 Å². The van der Waals surface area contributed by atoms with Crippen LogP contribution >= 0.6 is 0 Å². The summed E-state index contributed by atoms with van der Waals surface area (Å²) < 4.78 is 10.2. The molecule has 0 bridgehead atoms. The number of rotatable bonds is 16. The topological polar surface area (TPSA) is 26.2 Å². The number of fused-ring (bicyclic) bond motifs is 16. The van der Waals surface area contributed by atoms with Gasteiger partial charge in [-0.25, -0.2) is 0 Å². The zero-order valence-corrected chi connectivity index (χ0v) is 75.8. The number of nitrogens with zero attached hydrogens (tertiary/aromatic N) is 6. The first-order valence-electron chi connectivity index (χ1n) is 46.8. The molecule has 2 aliphatic rings. The molecule has 6 nitrogen and oxygen atoms in total. The Labute approximate surface area is 785 Å². The van der Waals surface area contributed by atoms with Crippen LogP contribution < -0.4 is 67.7 Å². The number of anilines is 6. The zero-order chi connectivity index (χ0) is 88.8. The second kappa shape index (κ2) is 31.3. The molecule has 2 aliphatic heterocycles. The summed E-state index contributed by atoms with van der Waals surface area (Å²) in [4.78, 5) is 5.30. The SMILES string of the molecule is c1ccc([Si](c2ccccc2)(c2ccccc2)c2cccc(-c3ccccc3N3c4ccc(-n5c6ccccc6c6cccc(-n7c8ccccc8c8ccccc87)c65)cc4B4c5cc(-n6c7ccccc7c7cccc(-n8c9ccccc9c9ccccc98)c76)ccc5N(c5ccccc5-c5cccc([Si](c6ccccc6)(c6ccccc6)c6ccccc6)c5)c5cccc3c54)c2)cc1. The summed E-state index contributed by atoms with van der Waals surface area (Å²) in [6, 6.07) is 196. The Bertz CT molecular complexity index is 8220. The fourth-order valence-corrected chi connectivity index (χ4v) is 33.4. The molecule has 630 valence electrons. The summed E-state index contributed by atoms with van der Waals surface area (Å²) in [5.41, 5.74) is 28.1. The predicted molar refractivity (Wildman–Crippen MR) is 576 cm³/mol. The van der Waals surface area contributed by atoms with Crippen LogP contribution in [0.25, 0.3) is 132 Å². The van der Waals surface area contributed by atoms with Gasteiger partial charge in [0.15, 0.2) is 16.1 Å². The Kier molecular flexibility index (Phi) is 18.1. The minimum atomic E-state index is -3.05. The number of para-hydroxylation sites is 10. The van der Waals surface area contributed by atoms with Crippen LogP contribution in [0.2, 0.25) is 0 Å². The summed E-state index contributed by atoms with van der Waals surface area (Å²) in [5, 5.41) is 20.2. The van der Waals surface area contributed by atoms with Gasteiger partial charge < -0.3 is 28.1 Å². The van der Waals surface area contributed by atoms with Gasteiger partial charge in [0.2, 0.25) is 0 Å². The molecule has 25 aromatic rings. The van der Waals surface area contributed by atoms with E-state index in [4.69, 9.17) is 0 Å². The van der Waals surface area contributed by atoms with Crippen LogP contribution in [-0.4, -0.2) is 41.1 Å². The molecular weight excluding hydrogens is 1660 g/mol. The van der Waals surface area contributed by atoms with E-state index in [0.717, 1.165) is 123 Å². The van der Waals surface area contributed by atoms with Crippen LogP contribution in [-0.2, 0) is 0 Å². The van der Waals surface area contributed by atoms with Crippen molar-refractivity contribution < 1.29 is 0 Å². The lowest BCUT2D eigenvalue weighted by atomic mass is 9.33. The fraction of sp³-hybridized carbons (Fsp3) is 0. The van der Waals surface area contributed by atoms with E-state index in [-0.39, 0.29) is 6.71 Å². The van der Waals surface area contributed by atoms with E-state index in [1.807, 2.05) is 0 Å². The van der Waals surface area contributed by atoms with Crippen LogP contribution in [0.5, 0.6) is 0 Å². The van der Waals surface area contributed by atoms with Gasteiger partial charge in [0, 0.05) is 88.3 Å². The minimum absolute atomic E-state index is 0.377. The van der Waals surface area contributed by atoms with Gasteiger partial charge in [-0.2, -0.15) is 0 Å². The molecule has 0 saturated carbocycles. The van der Waals surface area contributed by atoms with Crippen molar-refractivity contribution >= 4 is 202 Å². The molecule has 0 atom stereocenters. The van der Waals surface area contributed by atoms with Crippen molar-refractivity contribution in [1.29, 1.82) is 0 Å². The van der Waals surface area contributed by atoms with Crippen LogP contribution in [0, 0.1) is 0 Å². The second-order valence-corrected chi connectivity index (χ2v) is 43.6. The second-order valence-electron chi connectivity index (χ2n) is 36.0. The van der Waals surface area contributed by atoms with Crippen molar-refractivity contribution in [1.82, 2.24) is 18.3 Å². The van der Waals surface area contributed by atoms with Crippen molar-refractivity contribution in [3.8, 4) is 45.0 Å². The van der Waals surface area contributed by atoms with Gasteiger partial charge in [0.1, 0.15) is 0 Å². The predicted octanol–water partition coefficient (Wildman–Crippen LogP) is 24.2. The van der Waals surface area contributed by atoms with Gasteiger partial charge in [-0.15, -0.1) is 0 Å². The standard InChI is InChI=1S/C126H85BN6Si2/c1-7-42-90(43-8-1)134(91-44-9-2-10-45-91,92-46-11-3-12-47-92)96-54-35-40-86(82-96)98-56-19-27-66-110(98)132-118-80-78-88(128-112-68-29-25-62-104(112)106-64-37-76-122(125(106)128)130-114-70-31-21-58-100(114)101-59-22-32-71-115(101)130)84-108(118)127-109-85-89(129-113-69-30-26-63-105(113)107-65-38-77-123(126(107)129)131-116-72-33-23-60-102(116)103-61-24-34-73-117(103)131)79-81-119(109)133(121-75-39-74-120(132)124(121)127)111-67-28-20-57-99(111)87-41-36-55-97(83-87)135(93-48-13-4-14-49-93,94-50-15-5-16-51-94)95-52-17-6-18-53-95/h1-85H. The van der Waals surface area contributed by atoms with Crippen molar-refractivity contribution in [3.63, 3.8) is 0 Å². The third-order valence-corrected chi connectivity index (χ3v) is 38.8. The third-order valence-electron chi connectivity index (χ3n) is 29.2. The normalized spacial score (nSPS) is 12.5. The maximum absolute atomic E-state index is 3.05. The summed E-state index contributed by atoms with van der Waals surface area (Å²) in [6.45, 7) is -0.377. The Hall–Kier alpha value is -17.1. The molecule has 27 rings (SSSR count). The highest BCUT2D eigenvalue weighted by Crippen LogP contribution is 2.51. The molecule has 6 heterocycles.